The first-order valence-corrected chi connectivity index (χ1v) is 8.69. The van der Waals surface area contributed by atoms with E-state index in [-0.39, 0.29) is 17.4 Å². The quantitative estimate of drug-likeness (QED) is 0.906. The van der Waals surface area contributed by atoms with Gasteiger partial charge >= 0.3 is 0 Å². The van der Waals surface area contributed by atoms with Crippen LogP contribution in [0.4, 0.5) is 5.82 Å². The molecule has 1 aromatic heterocycles. The molecule has 2 heterocycles. The molecule has 1 saturated heterocycles. The third-order valence-electron chi connectivity index (χ3n) is 5.14. The number of aromatic nitrogens is 1. The van der Waals surface area contributed by atoms with Crippen molar-refractivity contribution < 1.29 is 9.53 Å². The number of amides is 1. The second-order valence-electron chi connectivity index (χ2n) is 6.88. The lowest BCUT2D eigenvalue weighted by atomic mass is 9.93. The van der Waals surface area contributed by atoms with Crippen LogP contribution < -0.4 is 10.2 Å². The summed E-state index contributed by atoms with van der Waals surface area (Å²) in [5, 5.41) is 3.32. The standard InChI is InChI=1S/C18H27N3O2/c1-23-14-18(9-3-4-10-18)20-17(22)15-7-6-12-21(13-15)16-8-2-5-11-19-16/h2,5,8,11,15H,3-4,6-7,9-10,12-14H2,1H3,(H,20,22)/t15-/m0/s1. The van der Waals surface area contributed by atoms with E-state index < -0.39 is 0 Å². The molecule has 0 unspecified atom stereocenters. The third-order valence-corrected chi connectivity index (χ3v) is 5.14. The number of piperidine rings is 1. The monoisotopic (exact) mass is 317 g/mol. The Morgan fingerprint density at radius 2 is 2.22 bits per heavy atom. The van der Waals surface area contributed by atoms with E-state index in [4.69, 9.17) is 4.74 Å². The van der Waals surface area contributed by atoms with Crippen molar-refractivity contribution >= 4 is 11.7 Å². The molecule has 1 aromatic rings. The number of carbonyl (C=O) groups is 1. The smallest absolute Gasteiger partial charge is 0.225 e. The zero-order valence-corrected chi connectivity index (χ0v) is 14.0. The van der Waals surface area contributed by atoms with Crippen LogP contribution in [0.5, 0.6) is 0 Å². The van der Waals surface area contributed by atoms with Crippen LogP contribution in [0.1, 0.15) is 38.5 Å². The molecule has 0 radical (unpaired) electrons. The number of nitrogens with zero attached hydrogens (tertiary/aromatic N) is 2. The number of nitrogens with one attached hydrogen (secondary N) is 1. The maximum Gasteiger partial charge on any atom is 0.225 e. The van der Waals surface area contributed by atoms with Gasteiger partial charge in [-0.05, 0) is 37.8 Å². The normalized spacial score (nSPS) is 23.7. The van der Waals surface area contributed by atoms with Crippen molar-refractivity contribution in [3.63, 3.8) is 0 Å². The van der Waals surface area contributed by atoms with E-state index >= 15 is 0 Å². The summed E-state index contributed by atoms with van der Waals surface area (Å²) in [5.41, 5.74) is -0.140. The number of hydrogen-bond acceptors (Lipinski definition) is 4. The van der Waals surface area contributed by atoms with Gasteiger partial charge in [-0.15, -0.1) is 0 Å². The number of ether oxygens (including phenoxy) is 1. The van der Waals surface area contributed by atoms with Crippen LogP contribution in [0.15, 0.2) is 24.4 Å². The molecular weight excluding hydrogens is 290 g/mol. The average molecular weight is 317 g/mol. The van der Waals surface area contributed by atoms with Crippen LogP contribution in [0.3, 0.4) is 0 Å². The Morgan fingerprint density at radius 1 is 1.39 bits per heavy atom. The summed E-state index contributed by atoms with van der Waals surface area (Å²) in [6.07, 6.45) is 8.21. The topological polar surface area (TPSA) is 54.5 Å². The van der Waals surface area contributed by atoms with E-state index in [9.17, 15) is 4.79 Å². The molecule has 0 bridgehead atoms. The fourth-order valence-corrected chi connectivity index (χ4v) is 3.94. The molecule has 23 heavy (non-hydrogen) atoms. The first-order valence-electron chi connectivity index (χ1n) is 8.69. The van der Waals surface area contributed by atoms with Gasteiger partial charge in [0.1, 0.15) is 5.82 Å². The Kier molecular flexibility index (Phi) is 5.16. The average Bonchev–Trinajstić information content (AvgIpc) is 3.04. The molecule has 1 aliphatic heterocycles. The van der Waals surface area contributed by atoms with Gasteiger partial charge in [0.05, 0.1) is 18.1 Å². The van der Waals surface area contributed by atoms with Gasteiger partial charge in [-0.3, -0.25) is 4.79 Å². The molecule has 0 spiro atoms. The number of carbonyl (C=O) groups excluding carboxylic acids is 1. The van der Waals surface area contributed by atoms with Gasteiger partial charge < -0.3 is 15.0 Å². The van der Waals surface area contributed by atoms with Crippen LogP contribution in [-0.4, -0.2) is 43.2 Å². The number of anilines is 1. The summed E-state index contributed by atoms with van der Waals surface area (Å²) in [6, 6.07) is 5.94. The molecule has 1 amide bonds. The molecule has 1 aliphatic carbocycles. The highest BCUT2D eigenvalue weighted by Crippen LogP contribution is 2.31. The van der Waals surface area contributed by atoms with Crippen LogP contribution in [-0.2, 0) is 9.53 Å². The molecule has 5 heteroatoms. The molecule has 2 fully saturated rings. The van der Waals surface area contributed by atoms with Gasteiger partial charge in [0.15, 0.2) is 0 Å². The Labute approximate surface area is 138 Å². The van der Waals surface area contributed by atoms with Crippen molar-refractivity contribution in [1.82, 2.24) is 10.3 Å². The molecule has 126 valence electrons. The van der Waals surface area contributed by atoms with E-state index in [0.717, 1.165) is 44.6 Å². The summed E-state index contributed by atoms with van der Waals surface area (Å²) in [4.78, 5) is 19.4. The lowest BCUT2D eigenvalue weighted by Crippen LogP contribution is -2.54. The highest BCUT2D eigenvalue weighted by molar-refractivity contribution is 5.80. The van der Waals surface area contributed by atoms with Gasteiger partial charge in [-0.25, -0.2) is 4.98 Å². The molecule has 3 rings (SSSR count). The Morgan fingerprint density at radius 3 is 2.91 bits per heavy atom. The molecule has 5 nitrogen and oxygen atoms in total. The van der Waals surface area contributed by atoms with Crippen molar-refractivity contribution in [2.75, 3.05) is 31.7 Å². The lowest BCUT2D eigenvalue weighted by Gasteiger charge is -2.36. The van der Waals surface area contributed by atoms with E-state index in [0.29, 0.717) is 6.61 Å². The number of rotatable bonds is 5. The van der Waals surface area contributed by atoms with Gasteiger partial charge in [0, 0.05) is 26.4 Å². The zero-order chi connectivity index (χ0) is 16.1. The zero-order valence-electron chi connectivity index (χ0n) is 14.0. The minimum atomic E-state index is -0.140. The fraction of sp³-hybridized carbons (Fsp3) is 0.667. The van der Waals surface area contributed by atoms with Crippen LogP contribution in [0.25, 0.3) is 0 Å². The SMILES string of the molecule is COCC1(NC(=O)[C@H]2CCCN(c3ccccn3)C2)CCCC1. The summed E-state index contributed by atoms with van der Waals surface area (Å²) < 4.78 is 5.37. The Bertz CT molecular complexity index is 514. The van der Waals surface area contributed by atoms with E-state index in [2.05, 4.69) is 15.2 Å². The largest absolute Gasteiger partial charge is 0.382 e. The molecule has 1 saturated carbocycles. The summed E-state index contributed by atoms with van der Waals surface area (Å²) in [5.74, 6) is 1.20. The van der Waals surface area contributed by atoms with Crippen LogP contribution in [0, 0.1) is 5.92 Å². The molecule has 1 atom stereocenters. The predicted molar refractivity (Wildman–Crippen MR) is 90.4 cm³/mol. The van der Waals surface area contributed by atoms with Crippen molar-refractivity contribution in [2.45, 2.75) is 44.1 Å². The van der Waals surface area contributed by atoms with E-state index in [1.807, 2.05) is 24.4 Å². The van der Waals surface area contributed by atoms with Crippen LogP contribution in [0.2, 0.25) is 0 Å². The van der Waals surface area contributed by atoms with Gasteiger partial charge in [0.25, 0.3) is 0 Å². The Balaban J connectivity index is 1.63. The van der Waals surface area contributed by atoms with Crippen molar-refractivity contribution in [3.8, 4) is 0 Å². The summed E-state index contributed by atoms with van der Waals surface area (Å²) in [7, 11) is 1.72. The summed E-state index contributed by atoms with van der Waals surface area (Å²) >= 11 is 0. The second-order valence-corrected chi connectivity index (χ2v) is 6.88. The summed E-state index contributed by atoms with van der Waals surface area (Å²) in [6.45, 7) is 2.35. The second kappa shape index (κ2) is 7.30. The van der Waals surface area contributed by atoms with E-state index in [1.54, 1.807) is 7.11 Å². The highest BCUT2D eigenvalue weighted by Gasteiger charge is 2.37. The van der Waals surface area contributed by atoms with Crippen molar-refractivity contribution in [1.29, 1.82) is 0 Å². The minimum Gasteiger partial charge on any atom is -0.382 e. The van der Waals surface area contributed by atoms with Crippen molar-refractivity contribution in [3.05, 3.63) is 24.4 Å². The predicted octanol–water partition coefficient (Wildman–Crippen LogP) is 2.37. The lowest BCUT2D eigenvalue weighted by molar-refractivity contribution is -0.128. The maximum atomic E-state index is 12.8. The number of methoxy groups -OCH3 is 1. The number of pyridine rings is 1. The fourth-order valence-electron chi connectivity index (χ4n) is 3.94. The maximum absolute atomic E-state index is 12.8. The molecule has 2 aliphatic rings. The van der Waals surface area contributed by atoms with Gasteiger partial charge in [-0.2, -0.15) is 0 Å². The highest BCUT2D eigenvalue weighted by atomic mass is 16.5. The first-order chi connectivity index (χ1) is 11.2. The Hall–Kier alpha value is -1.62. The third kappa shape index (κ3) is 3.83. The van der Waals surface area contributed by atoms with E-state index in [1.165, 1.54) is 12.8 Å². The van der Waals surface area contributed by atoms with Gasteiger partial charge in [0.2, 0.25) is 5.91 Å². The minimum absolute atomic E-state index is 0.0417. The first kappa shape index (κ1) is 16.2. The molecular formula is C18H27N3O2. The van der Waals surface area contributed by atoms with Crippen LogP contribution >= 0.6 is 0 Å². The van der Waals surface area contributed by atoms with Gasteiger partial charge in [-0.1, -0.05) is 18.9 Å². The molecule has 1 N–H and O–H groups in total. The van der Waals surface area contributed by atoms with Crippen molar-refractivity contribution in [2.24, 2.45) is 5.92 Å². The number of hydrogen-bond donors (Lipinski definition) is 1. The molecule has 0 aromatic carbocycles.